The van der Waals surface area contributed by atoms with Crippen LogP contribution in [0.2, 0.25) is 5.02 Å². The predicted molar refractivity (Wildman–Crippen MR) is 96.5 cm³/mol. The highest BCUT2D eigenvalue weighted by Crippen LogP contribution is 2.39. The molecule has 1 spiro atoms. The smallest absolute Gasteiger partial charge is 0.273 e. The molecule has 0 radical (unpaired) electrons. The van der Waals surface area contributed by atoms with Crippen molar-refractivity contribution in [1.29, 1.82) is 0 Å². The van der Waals surface area contributed by atoms with Crippen LogP contribution < -0.4 is 0 Å². The lowest BCUT2D eigenvalue weighted by molar-refractivity contribution is 0.0737. The molecule has 6 heteroatoms. The minimum absolute atomic E-state index is 0.0720. The van der Waals surface area contributed by atoms with Crippen molar-refractivity contribution in [3.63, 3.8) is 0 Å². The van der Waals surface area contributed by atoms with E-state index in [2.05, 4.69) is 16.0 Å². The fourth-order valence-electron chi connectivity index (χ4n) is 4.07. The molecule has 2 saturated heterocycles. The zero-order chi connectivity index (χ0) is 16.6. The molecule has 3 heterocycles. The van der Waals surface area contributed by atoms with Crippen LogP contribution in [0.25, 0.3) is 0 Å². The summed E-state index contributed by atoms with van der Waals surface area (Å²) in [6.45, 7) is 3.62. The zero-order valence-electron chi connectivity index (χ0n) is 13.4. The third kappa shape index (κ3) is 2.96. The first-order valence-corrected chi connectivity index (χ1v) is 9.65. The van der Waals surface area contributed by atoms with Gasteiger partial charge in [-0.1, -0.05) is 23.7 Å². The van der Waals surface area contributed by atoms with Gasteiger partial charge in [-0.25, -0.2) is 4.98 Å². The summed E-state index contributed by atoms with van der Waals surface area (Å²) in [6, 6.07) is 8.09. The van der Waals surface area contributed by atoms with Gasteiger partial charge in [-0.2, -0.15) is 0 Å². The molecule has 1 aromatic heterocycles. The molecule has 0 saturated carbocycles. The third-order valence-corrected chi connectivity index (χ3v) is 6.10. The van der Waals surface area contributed by atoms with Crippen molar-refractivity contribution < 1.29 is 4.79 Å². The lowest BCUT2D eigenvalue weighted by Crippen LogP contribution is -2.46. The highest BCUT2D eigenvalue weighted by atomic mass is 35.5. The van der Waals surface area contributed by atoms with Gasteiger partial charge >= 0.3 is 0 Å². The predicted octanol–water partition coefficient (Wildman–Crippen LogP) is 3.68. The monoisotopic (exact) mass is 361 g/mol. The van der Waals surface area contributed by atoms with Gasteiger partial charge in [-0.3, -0.25) is 9.69 Å². The molecule has 0 aliphatic carbocycles. The SMILES string of the molecule is O=C(c1cscn1)N1CC[C@@]2(CCCN2Cc2cccc(Cl)c2)C1. The molecular weight excluding hydrogens is 342 g/mol. The first kappa shape index (κ1) is 16.1. The van der Waals surface area contributed by atoms with Gasteiger partial charge in [0.1, 0.15) is 5.69 Å². The number of carbonyl (C=O) groups is 1. The molecule has 0 N–H and O–H groups in total. The summed E-state index contributed by atoms with van der Waals surface area (Å²) < 4.78 is 0. The number of carbonyl (C=O) groups excluding carboxylic acids is 1. The Morgan fingerprint density at radius 2 is 2.25 bits per heavy atom. The lowest BCUT2D eigenvalue weighted by atomic mass is 9.94. The van der Waals surface area contributed by atoms with Crippen LogP contribution in [0, 0.1) is 0 Å². The Hall–Kier alpha value is -1.43. The highest BCUT2D eigenvalue weighted by Gasteiger charge is 2.47. The molecule has 24 heavy (non-hydrogen) atoms. The number of amides is 1. The van der Waals surface area contributed by atoms with Gasteiger partial charge in [-0.15, -0.1) is 11.3 Å². The average molecular weight is 362 g/mol. The van der Waals surface area contributed by atoms with E-state index in [9.17, 15) is 4.79 Å². The van der Waals surface area contributed by atoms with Crippen molar-refractivity contribution in [2.24, 2.45) is 0 Å². The molecule has 1 amide bonds. The van der Waals surface area contributed by atoms with Crippen LogP contribution in [0.3, 0.4) is 0 Å². The van der Waals surface area contributed by atoms with Gasteiger partial charge in [0.15, 0.2) is 0 Å². The van der Waals surface area contributed by atoms with Crippen molar-refractivity contribution in [1.82, 2.24) is 14.8 Å². The second-order valence-electron chi connectivity index (χ2n) is 6.73. The zero-order valence-corrected chi connectivity index (χ0v) is 15.0. The summed E-state index contributed by atoms with van der Waals surface area (Å²) >= 11 is 7.60. The number of likely N-dealkylation sites (tertiary alicyclic amines) is 2. The molecule has 2 aliphatic heterocycles. The maximum absolute atomic E-state index is 12.6. The Kier molecular flexibility index (Phi) is 4.33. The van der Waals surface area contributed by atoms with Crippen LogP contribution in [-0.2, 0) is 6.54 Å². The van der Waals surface area contributed by atoms with Gasteiger partial charge < -0.3 is 4.90 Å². The summed E-state index contributed by atoms with van der Waals surface area (Å²) in [5.74, 6) is 0.0720. The number of halogens is 1. The van der Waals surface area contributed by atoms with E-state index in [1.165, 1.54) is 23.3 Å². The summed E-state index contributed by atoms with van der Waals surface area (Å²) in [5, 5.41) is 2.62. The van der Waals surface area contributed by atoms with Gasteiger partial charge in [0.05, 0.1) is 5.51 Å². The molecule has 0 unspecified atom stereocenters. The van der Waals surface area contributed by atoms with Crippen LogP contribution >= 0.6 is 22.9 Å². The highest BCUT2D eigenvalue weighted by molar-refractivity contribution is 7.07. The van der Waals surface area contributed by atoms with E-state index in [0.29, 0.717) is 5.69 Å². The Labute approximate surface area is 151 Å². The standard InChI is InChI=1S/C18H20ClN3OS/c19-15-4-1-3-14(9-15)10-22-7-2-5-18(22)6-8-21(12-18)17(23)16-11-24-13-20-16/h1,3-4,9,11,13H,2,5-8,10,12H2/t18-/m0/s1. The van der Waals surface area contributed by atoms with Crippen LogP contribution in [0.15, 0.2) is 35.2 Å². The molecule has 2 aromatic rings. The molecule has 4 rings (SSSR count). The van der Waals surface area contributed by atoms with Gasteiger partial charge in [0, 0.05) is 35.6 Å². The average Bonchev–Trinajstić information content (AvgIpc) is 3.31. The number of rotatable bonds is 3. The summed E-state index contributed by atoms with van der Waals surface area (Å²) in [6.07, 6.45) is 3.40. The molecule has 1 aromatic carbocycles. The minimum atomic E-state index is 0.0720. The Bertz CT molecular complexity index is 736. The lowest BCUT2D eigenvalue weighted by Gasteiger charge is -2.35. The second-order valence-corrected chi connectivity index (χ2v) is 7.88. The van der Waals surface area contributed by atoms with E-state index in [4.69, 9.17) is 11.6 Å². The second kappa shape index (κ2) is 6.47. The number of benzene rings is 1. The van der Waals surface area contributed by atoms with Crippen LogP contribution in [0.5, 0.6) is 0 Å². The van der Waals surface area contributed by atoms with Gasteiger partial charge in [0.25, 0.3) is 5.91 Å². The van der Waals surface area contributed by atoms with E-state index in [1.54, 1.807) is 5.51 Å². The maximum atomic E-state index is 12.6. The topological polar surface area (TPSA) is 36.4 Å². The fourth-order valence-corrected chi connectivity index (χ4v) is 4.81. The van der Waals surface area contributed by atoms with Crippen molar-refractivity contribution in [3.05, 3.63) is 51.4 Å². The molecule has 1 atom stereocenters. The maximum Gasteiger partial charge on any atom is 0.273 e. The van der Waals surface area contributed by atoms with E-state index in [1.807, 2.05) is 28.5 Å². The van der Waals surface area contributed by atoms with E-state index < -0.39 is 0 Å². The number of hydrogen-bond donors (Lipinski definition) is 0. The number of thiazole rings is 1. The molecular formula is C18H20ClN3OS. The Morgan fingerprint density at radius 3 is 3.04 bits per heavy atom. The minimum Gasteiger partial charge on any atom is -0.335 e. The van der Waals surface area contributed by atoms with Crippen LogP contribution in [0.4, 0.5) is 0 Å². The summed E-state index contributed by atoms with van der Waals surface area (Å²) in [7, 11) is 0. The van der Waals surface area contributed by atoms with Crippen molar-refractivity contribution in [2.75, 3.05) is 19.6 Å². The van der Waals surface area contributed by atoms with Gasteiger partial charge in [-0.05, 0) is 43.5 Å². The first-order valence-electron chi connectivity index (χ1n) is 8.33. The molecule has 2 fully saturated rings. The number of nitrogens with zero attached hydrogens (tertiary/aromatic N) is 3. The largest absolute Gasteiger partial charge is 0.335 e. The van der Waals surface area contributed by atoms with E-state index >= 15 is 0 Å². The Morgan fingerprint density at radius 1 is 1.33 bits per heavy atom. The van der Waals surface area contributed by atoms with Crippen molar-refractivity contribution in [2.45, 2.75) is 31.3 Å². The third-order valence-electron chi connectivity index (χ3n) is 5.27. The van der Waals surface area contributed by atoms with Crippen molar-refractivity contribution in [3.8, 4) is 0 Å². The number of hydrogen-bond acceptors (Lipinski definition) is 4. The fraction of sp³-hybridized carbons (Fsp3) is 0.444. The molecule has 0 bridgehead atoms. The first-order chi connectivity index (χ1) is 11.7. The summed E-state index contributed by atoms with van der Waals surface area (Å²) in [5.41, 5.74) is 3.66. The van der Waals surface area contributed by atoms with E-state index in [0.717, 1.165) is 44.0 Å². The summed E-state index contributed by atoms with van der Waals surface area (Å²) in [4.78, 5) is 21.3. The van der Waals surface area contributed by atoms with Crippen molar-refractivity contribution >= 4 is 28.8 Å². The molecule has 126 valence electrons. The van der Waals surface area contributed by atoms with Crippen LogP contribution in [-0.4, -0.2) is 45.9 Å². The quantitative estimate of drug-likeness (QED) is 0.836. The normalized spacial score (nSPS) is 24.1. The molecule has 4 nitrogen and oxygen atoms in total. The van der Waals surface area contributed by atoms with Gasteiger partial charge in [0.2, 0.25) is 0 Å². The Balaban J connectivity index is 1.49. The van der Waals surface area contributed by atoms with Crippen LogP contribution in [0.1, 0.15) is 35.3 Å². The van der Waals surface area contributed by atoms with E-state index in [-0.39, 0.29) is 11.4 Å². The number of aromatic nitrogens is 1. The molecule has 2 aliphatic rings.